The van der Waals surface area contributed by atoms with Crippen LogP contribution in [0, 0.1) is 0 Å². The Morgan fingerprint density at radius 2 is 1.89 bits per heavy atom. The summed E-state index contributed by atoms with van der Waals surface area (Å²) < 4.78 is 0. The Morgan fingerprint density at radius 1 is 1.21 bits per heavy atom. The topological polar surface area (TPSA) is 34.1 Å². The van der Waals surface area contributed by atoms with Gasteiger partial charge in [-0.15, -0.1) is 24.0 Å². The summed E-state index contributed by atoms with van der Waals surface area (Å²) in [5, 5.41) is 3.47. The minimum Gasteiger partial charge on any atom is -0.355 e. The van der Waals surface area contributed by atoms with E-state index >= 15 is 0 Å². The van der Waals surface area contributed by atoms with E-state index < -0.39 is 0 Å². The van der Waals surface area contributed by atoms with Crippen molar-refractivity contribution in [1.82, 2.24) is 20.0 Å². The lowest BCUT2D eigenvalue weighted by Crippen LogP contribution is -2.52. The third-order valence-electron chi connectivity index (χ3n) is 4.09. The molecule has 1 unspecified atom stereocenters. The van der Waals surface area contributed by atoms with Gasteiger partial charge in [-0.3, -0.25) is 9.89 Å². The molecular weight excluding hydrogens is 353 g/mol. The summed E-state index contributed by atoms with van der Waals surface area (Å²) in [6.45, 7) is 13.5. The molecule has 112 valence electrons. The van der Waals surface area contributed by atoms with Crippen LogP contribution >= 0.6 is 24.0 Å². The van der Waals surface area contributed by atoms with Gasteiger partial charge in [-0.1, -0.05) is 6.92 Å². The molecule has 0 aromatic carbocycles. The first kappa shape index (κ1) is 17.0. The van der Waals surface area contributed by atoms with Crippen LogP contribution in [0.5, 0.6) is 0 Å². The van der Waals surface area contributed by atoms with Crippen molar-refractivity contribution in [3.8, 4) is 0 Å². The molecule has 19 heavy (non-hydrogen) atoms. The highest BCUT2D eigenvalue weighted by Gasteiger charge is 2.21. The summed E-state index contributed by atoms with van der Waals surface area (Å²) >= 11 is 0. The lowest BCUT2D eigenvalue weighted by molar-refractivity contribution is 0.107. The Kier molecular flexibility index (Phi) is 7.38. The minimum atomic E-state index is 0. The summed E-state index contributed by atoms with van der Waals surface area (Å²) in [5.41, 5.74) is 0. The second kappa shape index (κ2) is 8.26. The van der Waals surface area contributed by atoms with Crippen LogP contribution in [-0.4, -0.2) is 86.1 Å². The molecule has 1 N–H and O–H groups in total. The van der Waals surface area contributed by atoms with Crippen LogP contribution in [0.3, 0.4) is 0 Å². The second-order valence-electron chi connectivity index (χ2n) is 5.33. The molecular formula is C13H28IN5. The molecule has 0 radical (unpaired) electrons. The van der Waals surface area contributed by atoms with Crippen molar-refractivity contribution in [2.24, 2.45) is 4.99 Å². The van der Waals surface area contributed by atoms with E-state index in [9.17, 15) is 0 Å². The first-order chi connectivity index (χ1) is 8.70. The highest BCUT2D eigenvalue weighted by atomic mass is 127. The van der Waals surface area contributed by atoms with Crippen LogP contribution in [0.15, 0.2) is 4.99 Å². The van der Waals surface area contributed by atoms with Crippen LogP contribution in [-0.2, 0) is 0 Å². The summed E-state index contributed by atoms with van der Waals surface area (Å²) in [6, 6.07) is 0.584. The molecule has 0 saturated carbocycles. The normalized spacial score (nSPS) is 22.9. The molecule has 0 aromatic heterocycles. The monoisotopic (exact) mass is 381 g/mol. The van der Waals surface area contributed by atoms with Gasteiger partial charge in [-0.25, -0.2) is 0 Å². The number of hydrogen-bond acceptors (Lipinski definition) is 5. The molecule has 0 amide bonds. The van der Waals surface area contributed by atoms with E-state index in [2.05, 4.69) is 45.9 Å². The maximum atomic E-state index is 4.46. The van der Waals surface area contributed by atoms with Gasteiger partial charge in [-0.05, 0) is 13.5 Å². The molecule has 5 nitrogen and oxygen atoms in total. The molecule has 1 atom stereocenters. The highest BCUT2D eigenvalue weighted by molar-refractivity contribution is 14.0. The smallest absolute Gasteiger partial charge is 0.193 e. The lowest BCUT2D eigenvalue weighted by Gasteiger charge is -2.37. The van der Waals surface area contributed by atoms with Crippen molar-refractivity contribution < 1.29 is 0 Å². The zero-order valence-electron chi connectivity index (χ0n) is 12.4. The van der Waals surface area contributed by atoms with E-state index in [0.29, 0.717) is 6.04 Å². The zero-order chi connectivity index (χ0) is 13.0. The SMILES string of the molecule is CCN1CCN(C(C)CNC2=NCCN2C)CC1.I. The predicted octanol–water partition coefficient (Wildman–Crippen LogP) is 0.521. The second-order valence-corrected chi connectivity index (χ2v) is 5.33. The summed E-state index contributed by atoms with van der Waals surface area (Å²) in [5.74, 6) is 1.06. The van der Waals surface area contributed by atoms with E-state index in [1.807, 2.05) is 0 Å². The number of piperazine rings is 1. The van der Waals surface area contributed by atoms with E-state index in [0.717, 1.165) is 25.6 Å². The van der Waals surface area contributed by atoms with Gasteiger partial charge < -0.3 is 15.1 Å². The van der Waals surface area contributed by atoms with Crippen molar-refractivity contribution in [3.05, 3.63) is 0 Å². The number of hydrogen-bond donors (Lipinski definition) is 1. The molecule has 2 aliphatic heterocycles. The van der Waals surface area contributed by atoms with Crippen molar-refractivity contribution in [2.75, 3.05) is 59.4 Å². The molecule has 2 heterocycles. The molecule has 2 aliphatic rings. The Bertz CT molecular complexity index is 289. The molecule has 0 spiro atoms. The fourth-order valence-electron chi connectivity index (χ4n) is 2.61. The number of rotatable bonds is 4. The Labute approximate surface area is 134 Å². The number of nitrogens with one attached hydrogen (secondary N) is 1. The first-order valence-corrected chi connectivity index (χ1v) is 7.16. The van der Waals surface area contributed by atoms with E-state index in [-0.39, 0.29) is 24.0 Å². The molecule has 2 rings (SSSR count). The predicted molar refractivity (Wildman–Crippen MR) is 91.5 cm³/mol. The van der Waals surface area contributed by atoms with E-state index in [4.69, 9.17) is 0 Å². The van der Waals surface area contributed by atoms with Crippen LogP contribution in [0.2, 0.25) is 0 Å². The average molecular weight is 381 g/mol. The van der Waals surface area contributed by atoms with Crippen LogP contribution in [0.1, 0.15) is 13.8 Å². The molecule has 0 aromatic rings. The summed E-state index contributed by atoms with van der Waals surface area (Å²) in [7, 11) is 2.10. The van der Waals surface area contributed by atoms with Gasteiger partial charge in [0.25, 0.3) is 0 Å². The first-order valence-electron chi connectivity index (χ1n) is 7.16. The van der Waals surface area contributed by atoms with Gasteiger partial charge in [0.15, 0.2) is 5.96 Å². The Balaban J connectivity index is 0.00000180. The highest BCUT2D eigenvalue weighted by Crippen LogP contribution is 2.06. The van der Waals surface area contributed by atoms with E-state index in [1.54, 1.807) is 0 Å². The van der Waals surface area contributed by atoms with Crippen LogP contribution in [0.4, 0.5) is 0 Å². The van der Waals surface area contributed by atoms with Gasteiger partial charge in [-0.2, -0.15) is 0 Å². The summed E-state index contributed by atoms with van der Waals surface area (Å²) in [6.07, 6.45) is 0. The maximum absolute atomic E-state index is 4.46. The maximum Gasteiger partial charge on any atom is 0.193 e. The largest absolute Gasteiger partial charge is 0.355 e. The number of guanidine groups is 1. The summed E-state index contributed by atoms with van der Waals surface area (Å²) in [4.78, 5) is 11.8. The van der Waals surface area contributed by atoms with Gasteiger partial charge in [0, 0.05) is 52.4 Å². The van der Waals surface area contributed by atoms with Gasteiger partial charge in [0.1, 0.15) is 0 Å². The Hall–Kier alpha value is -0.0800. The van der Waals surface area contributed by atoms with Gasteiger partial charge >= 0.3 is 0 Å². The van der Waals surface area contributed by atoms with Crippen molar-refractivity contribution in [1.29, 1.82) is 0 Å². The standard InChI is InChI=1S/C13H27N5.HI/c1-4-17-7-9-18(10-8-17)12(2)11-15-13-14-5-6-16(13)3;/h12H,4-11H2,1-3H3,(H,14,15);1H. The molecule has 6 heteroatoms. The fraction of sp³-hybridized carbons (Fsp3) is 0.923. The number of likely N-dealkylation sites (N-methyl/N-ethyl adjacent to an activating group) is 2. The van der Waals surface area contributed by atoms with Crippen molar-refractivity contribution >= 4 is 29.9 Å². The van der Waals surface area contributed by atoms with Crippen LogP contribution in [0.25, 0.3) is 0 Å². The minimum absolute atomic E-state index is 0. The molecule has 1 fully saturated rings. The number of aliphatic imine (C=N–C) groups is 1. The van der Waals surface area contributed by atoms with Crippen LogP contribution < -0.4 is 5.32 Å². The third-order valence-corrected chi connectivity index (χ3v) is 4.09. The fourth-order valence-corrected chi connectivity index (χ4v) is 2.61. The van der Waals surface area contributed by atoms with Crippen molar-refractivity contribution in [3.63, 3.8) is 0 Å². The van der Waals surface area contributed by atoms with E-state index in [1.165, 1.54) is 32.7 Å². The van der Waals surface area contributed by atoms with Gasteiger partial charge in [0.05, 0.1) is 6.54 Å². The quantitative estimate of drug-likeness (QED) is 0.721. The third kappa shape index (κ3) is 4.75. The van der Waals surface area contributed by atoms with Crippen molar-refractivity contribution in [2.45, 2.75) is 19.9 Å². The molecule has 1 saturated heterocycles. The average Bonchev–Trinajstić information content (AvgIpc) is 2.81. The zero-order valence-corrected chi connectivity index (χ0v) is 14.8. The Morgan fingerprint density at radius 3 is 2.42 bits per heavy atom. The van der Waals surface area contributed by atoms with Gasteiger partial charge in [0.2, 0.25) is 0 Å². The molecule has 0 aliphatic carbocycles. The number of halogens is 1. The lowest BCUT2D eigenvalue weighted by atomic mass is 10.2. The number of nitrogens with zero attached hydrogens (tertiary/aromatic N) is 4. The molecule has 0 bridgehead atoms.